The third kappa shape index (κ3) is 5.93. The van der Waals surface area contributed by atoms with Crippen LogP contribution < -0.4 is 5.32 Å². The molecule has 0 spiro atoms. The summed E-state index contributed by atoms with van der Waals surface area (Å²) in [6.45, 7) is 3.96. The van der Waals surface area contributed by atoms with Gasteiger partial charge < -0.3 is 10.2 Å². The van der Waals surface area contributed by atoms with Crippen molar-refractivity contribution >= 4 is 29.3 Å². The van der Waals surface area contributed by atoms with E-state index in [9.17, 15) is 9.59 Å². The molecule has 2 aromatic heterocycles. The van der Waals surface area contributed by atoms with Gasteiger partial charge in [-0.2, -0.15) is 0 Å². The first-order valence-electron chi connectivity index (χ1n) is 11.1. The molecule has 2 aromatic carbocycles. The van der Waals surface area contributed by atoms with Crippen molar-refractivity contribution in [2.75, 3.05) is 24.7 Å². The highest BCUT2D eigenvalue weighted by atomic mass is 32.2. The van der Waals surface area contributed by atoms with Gasteiger partial charge in [0, 0.05) is 30.7 Å². The summed E-state index contributed by atoms with van der Waals surface area (Å²) in [5.74, 6) is 0.355. The minimum atomic E-state index is -0.252. The summed E-state index contributed by atoms with van der Waals surface area (Å²) in [5.41, 5.74) is 4.67. The zero-order valence-corrected chi connectivity index (χ0v) is 20.6. The number of nitrogens with zero attached hydrogens (tertiary/aromatic N) is 5. The van der Waals surface area contributed by atoms with Gasteiger partial charge in [-0.3, -0.25) is 19.1 Å². The number of aromatic nitrogens is 4. The number of likely N-dealkylation sites (N-methyl/N-ethyl adjacent to an activating group) is 1. The third-order valence-corrected chi connectivity index (χ3v) is 6.31. The normalized spacial score (nSPS) is 10.7. The average molecular weight is 487 g/mol. The first kappa shape index (κ1) is 24.2. The Hall–Kier alpha value is -3.98. The lowest BCUT2D eigenvalue weighted by atomic mass is 10.2. The lowest BCUT2D eigenvalue weighted by molar-refractivity contribution is -0.131. The molecule has 0 atom stereocenters. The van der Waals surface area contributed by atoms with E-state index in [-0.39, 0.29) is 24.1 Å². The summed E-state index contributed by atoms with van der Waals surface area (Å²) in [7, 11) is 1.62. The van der Waals surface area contributed by atoms with Gasteiger partial charge in [0.15, 0.2) is 11.0 Å². The number of carbonyl (C=O) groups is 2. The lowest BCUT2D eigenvalue weighted by Gasteiger charge is -2.17. The van der Waals surface area contributed by atoms with Gasteiger partial charge in [0.05, 0.1) is 18.0 Å². The molecule has 1 N–H and O–H groups in total. The minimum Gasteiger partial charge on any atom is -0.336 e. The van der Waals surface area contributed by atoms with Gasteiger partial charge in [0.25, 0.3) is 0 Å². The van der Waals surface area contributed by atoms with Crippen molar-refractivity contribution in [2.24, 2.45) is 0 Å². The molecule has 4 rings (SSSR count). The van der Waals surface area contributed by atoms with Gasteiger partial charge in [-0.15, -0.1) is 10.2 Å². The molecule has 2 heterocycles. The molecule has 0 saturated carbocycles. The quantitative estimate of drug-likeness (QED) is 0.377. The Morgan fingerprint density at radius 1 is 0.971 bits per heavy atom. The van der Waals surface area contributed by atoms with Crippen LogP contribution in [0.2, 0.25) is 0 Å². The van der Waals surface area contributed by atoms with E-state index in [1.807, 2.05) is 79.1 Å². The van der Waals surface area contributed by atoms with Crippen molar-refractivity contribution in [1.29, 1.82) is 0 Å². The fourth-order valence-electron chi connectivity index (χ4n) is 3.46. The Labute approximate surface area is 208 Å². The van der Waals surface area contributed by atoms with Crippen LogP contribution in [0.15, 0.2) is 78.2 Å². The fourth-order valence-corrected chi connectivity index (χ4v) is 4.35. The Morgan fingerprint density at radius 3 is 2.40 bits per heavy atom. The van der Waals surface area contributed by atoms with E-state index in [1.165, 1.54) is 16.7 Å². The molecule has 0 fully saturated rings. The maximum absolute atomic E-state index is 12.8. The number of benzene rings is 2. The van der Waals surface area contributed by atoms with E-state index in [0.717, 1.165) is 22.4 Å². The lowest BCUT2D eigenvalue weighted by Crippen LogP contribution is -2.36. The van der Waals surface area contributed by atoms with Crippen LogP contribution in [0.5, 0.6) is 0 Å². The van der Waals surface area contributed by atoms with Crippen LogP contribution in [-0.2, 0) is 9.59 Å². The molecule has 0 bridgehead atoms. The van der Waals surface area contributed by atoms with E-state index in [0.29, 0.717) is 16.7 Å². The summed E-state index contributed by atoms with van der Waals surface area (Å²) in [6, 6.07) is 19.2. The van der Waals surface area contributed by atoms with E-state index < -0.39 is 0 Å². The van der Waals surface area contributed by atoms with Crippen molar-refractivity contribution in [3.63, 3.8) is 0 Å². The highest BCUT2D eigenvalue weighted by molar-refractivity contribution is 7.99. The zero-order valence-electron chi connectivity index (χ0n) is 19.8. The molecule has 35 heavy (non-hydrogen) atoms. The monoisotopic (exact) mass is 486 g/mol. The maximum Gasteiger partial charge on any atom is 0.243 e. The molecule has 0 saturated heterocycles. The van der Waals surface area contributed by atoms with Crippen LogP contribution >= 0.6 is 11.8 Å². The van der Waals surface area contributed by atoms with Crippen LogP contribution in [0, 0.1) is 13.8 Å². The molecule has 0 radical (unpaired) electrons. The first-order valence-corrected chi connectivity index (χ1v) is 12.1. The van der Waals surface area contributed by atoms with Crippen LogP contribution in [0.25, 0.3) is 17.1 Å². The van der Waals surface area contributed by atoms with Gasteiger partial charge in [0.2, 0.25) is 11.8 Å². The van der Waals surface area contributed by atoms with E-state index in [2.05, 4.69) is 20.5 Å². The molecule has 2 amide bonds. The smallest absolute Gasteiger partial charge is 0.243 e. The highest BCUT2D eigenvalue weighted by Gasteiger charge is 2.20. The first-order chi connectivity index (χ1) is 16.9. The number of rotatable bonds is 8. The Kier molecular flexibility index (Phi) is 7.57. The van der Waals surface area contributed by atoms with Gasteiger partial charge in [-0.25, -0.2) is 0 Å². The predicted molar refractivity (Wildman–Crippen MR) is 137 cm³/mol. The number of pyridine rings is 1. The third-order valence-electron chi connectivity index (χ3n) is 5.39. The molecule has 0 aliphatic carbocycles. The second-order valence-electron chi connectivity index (χ2n) is 8.12. The molecule has 178 valence electrons. The van der Waals surface area contributed by atoms with Crippen LogP contribution in [-0.4, -0.2) is 55.8 Å². The SMILES string of the molecule is Cc1ccc(NC(=O)CN(C)C(=O)CSc2nnc(-c3ccncc3)n2-c2ccccc2C)cc1. The van der Waals surface area contributed by atoms with Gasteiger partial charge in [-0.05, 0) is 49.7 Å². The van der Waals surface area contributed by atoms with Crippen LogP contribution in [0.1, 0.15) is 11.1 Å². The second kappa shape index (κ2) is 11.0. The molecule has 9 heteroatoms. The van der Waals surface area contributed by atoms with E-state index in [4.69, 9.17) is 0 Å². The van der Waals surface area contributed by atoms with Crippen molar-refractivity contribution in [3.8, 4) is 17.1 Å². The molecule has 0 aliphatic heterocycles. The topological polar surface area (TPSA) is 93.0 Å². The number of anilines is 1. The summed E-state index contributed by atoms with van der Waals surface area (Å²) in [4.78, 5) is 30.7. The molecule has 8 nitrogen and oxygen atoms in total. The zero-order chi connectivity index (χ0) is 24.8. The predicted octanol–water partition coefficient (Wildman–Crippen LogP) is 4.14. The Morgan fingerprint density at radius 2 is 1.69 bits per heavy atom. The van der Waals surface area contributed by atoms with Crippen LogP contribution in [0.4, 0.5) is 5.69 Å². The second-order valence-corrected chi connectivity index (χ2v) is 9.06. The largest absolute Gasteiger partial charge is 0.336 e. The average Bonchev–Trinajstić information content (AvgIpc) is 3.28. The molecule has 0 unspecified atom stereocenters. The van der Waals surface area contributed by atoms with Gasteiger partial charge in [-0.1, -0.05) is 47.7 Å². The molecular weight excluding hydrogens is 460 g/mol. The van der Waals surface area contributed by atoms with Gasteiger partial charge in [0.1, 0.15) is 0 Å². The summed E-state index contributed by atoms with van der Waals surface area (Å²) >= 11 is 1.29. The molecule has 4 aromatic rings. The van der Waals surface area contributed by atoms with E-state index >= 15 is 0 Å². The number of hydrogen-bond donors (Lipinski definition) is 1. The van der Waals surface area contributed by atoms with Crippen molar-refractivity contribution in [2.45, 2.75) is 19.0 Å². The number of hydrogen-bond acceptors (Lipinski definition) is 6. The number of carbonyl (C=O) groups excluding carboxylic acids is 2. The van der Waals surface area contributed by atoms with Crippen molar-refractivity contribution in [1.82, 2.24) is 24.6 Å². The maximum atomic E-state index is 12.8. The minimum absolute atomic E-state index is 0.0416. The number of para-hydroxylation sites is 1. The van der Waals surface area contributed by atoms with Crippen LogP contribution in [0.3, 0.4) is 0 Å². The number of amides is 2. The number of nitrogens with one attached hydrogen (secondary N) is 1. The number of aryl methyl sites for hydroxylation is 2. The highest BCUT2D eigenvalue weighted by Crippen LogP contribution is 2.29. The van der Waals surface area contributed by atoms with Gasteiger partial charge >= 0.3 is 0 Å². The summed E-state index contributed by atoms with van der Waals surface area (Å²) in [6.07, 6.45) is 3.41. The van der Waals surface area contributed by atoms with E-state index in [1.54, 1.807) is 19.4 Å². The Bertz CT molecular complexity index is 1320. The molecular formula is C26H26N6O2S. The summed E-state index contributed by atoms with van der Waals surface area (Å²) in [5, 5.41) is 12.2. The van der Waals surface area contributed by atoms with Crippen molar-refractivity contribution in [3.05, 3.63) is 84.2 Å². The molecule has 0 aliphatic rings. The standard InChI is InChI=1S/C26H26N6O2S/c1-18-8-10-21(11-9-18)28-23(33)16-31(3)24(34)17-35-26-30-29-25(20-12-14-27-15-13-20)32(26)22-7-5-4-6-19(22)2/h4-15H,16-17H2,1-3H3,(H,28,33). The summed E-state index contributed by atoms with van der Waals surface area (Å²) < 4.78 is 1.95. The number of thioether (sulfide) groups is 1. The van der Waals surface area contributed by atoms with Crippen molar-refractivity contribution < 1.29 is 9.59 Å². The fraction of sp³-hybridized carbons (Fsp3) is 0.192. The Balaban J connectivity index is 1.46.